The van der Waals surface area contributed by atoms with Gasteiger partial charge in [0.1, 0.15) is 5.69 Å². The van der Waals surface area contributed by atoms with Crippen molar-refractivity contribution in [1.29, 1.82) is 0 Å². The van der Waals surface area contributed by atoms with E-state index in [0.717, 1.165) is 36.5 Å². The topological polar surface area (TPSA) is 71.5 Å². The molecule has 0 radical (unpaired) electrons. The maximum absolute atomic E-state index is 13.1. The van der Waals surface area contributed by atoms with Crippen LogP contribution in [0.5, 0.6) is 0 Å². The first kappa shape index (κ1) is 21.6. The first-order valence-electron chi connectivity index (χ1n) is 9.30. The molecule has 0 spiro atoms. The van der Waals surface area contributed by atoms with Gasteiger partial charge < -0.3 is 15.2 Å². The van der Waals surface area contributed by atoms with Crippen LogP contribution in [0.1, 0.15) is 29.2 Å². The number of benzene rings is 1. The van der Waals surface area contributed by atoms with E-state index < -0.39 is 59.7 Å². The van der Waals surface area contributed by atoms with Crippen LogP contribution in [-0.4, -0.2) is 34.3 Å². The number of ether oxygens (including phenoxy) is 1. The molecule has 5 unspecified atom stereocenters. The summed E-state index contributed by atoms with van der Waals surface area (Å²) in [6, 6.07) is 5.95. The van der Waals surface area contributed by atoms with Gasteiger partial charge in [-0.25, -0.2) is 0 Å². The summed E-state index contributed by atoms with van der Waals surface area (Å²) in [6.45, 7) is 0. The van der Waals surface area contributed by atoms with Crippen LogP contribution in [0.4, 0.5) is 32.0 Å². The Labute approximate surface area is 172 Å². The molecule has 2 fully saturated rings. The number of carbonyl (C=O) groups is 1. The fourth-order valence-corrected chi connectivity index (χ4v) is 4.22. The minimum absolute atomic E-state index is 0.103. The first-order valence-corrected chi connectivity index (χ1v) is 9.30. The molecule has 2 aromatic rings. The summed E-state index contributed by atoms with van der Waals surface area (Å²) >= 11 is 0. The van der Waals surface area contributed by atoms with E-state index in [0.29, 0.717) is 0 Å². The molecule has 11 heteroatoms. The summed E-state index contributed by atoms with van der Waals surface area (Å²) in [4.78, 5) is 16.2. The molecule has 5 atom stereocenters. The van der Waals surface area contributed by atoms with E-state index in [1.165, 1.54) is 6.07 Å². The van der Waals surface area contributed by atoms with Gasteiger partial charge >= 0.3 is 12.4 Å². The molecule has 3 heterocycles. The third-order valence-corrected chi connectivity index (χ3v) is 5.57. The van der Waals surface area contributed by atoms with Crippen LogP contribution in [-0.2, 0) is 21.9 Å². The van der Waals surface area contributed by atoms with Crippen LogP contribution < -0.4 is 5.32 Å². The number of fused-ring (bicyclic) bond motifs is 2. The number of hydrogen-bond acceptors (Lipinski definition) is 4. The highest BCUT2D eigenvalue weighted by atomic mass is 19.4. The Morgan fingerprint density at radius 3 is 2.35 bits per heavy atom. The molecular formula is C20H16F6N2O3. The summed E-state index contributed by atoms with van der Waals surface area (Å²) < 4.78 is 83.0. The van der Waals surface area contributed by atoms with Crippen molar-refractivity contribution in [2.75, 3.05) is 5.32 Å². The van der Waals surface area contributed by atoms with Crippen molar-refractivity contribution in [2.24, 2.45) is 5.92 Å². The molecule has 2 bridgehead atoms. The first-order chi connectivity index (χ1) is 14.4. The Morgan fingerprint density at radius 2 is 1.74 bits per heavy atom. The summed E-state index contributed by atoms with van der Waals surface area (Å²) in [6.07, 6.45) is -10.7. The van der Waals surface area contributed by atoms with Gasteiger partial charge in [0.25, 0.3) is 0 Å². The zero-order valence-electron chi connectivity index (χ0n) is 15.6. The molecule has 1 aromatic carbocycles. The number of rotatable bonds is 3. The molecule has 4 rings (SSSR count). The van der Waals surface area contributed by atoms with Crippen molar-refractivity contribution in [2.45, 2.75) is 43.0 Å². The quantitative estimate of drug-likeness (QED) is 0.700. The van der Waals surface area contributed by atoms with Crippen LogP contribution in [0.2, 0.25) is 0 Å². The van der Waals surface area contributed by atoms with Gasteiger partial charge in [0.2, 0.25) is 5.91 Å². The maximum atomic E-state index is 13.1. The second-order valence-corrected chi connectivity index (χ2v) is 7.53. The Bertz CT molecular complexity index is 976. The van der Waals surface area contributed by atoms with Gasteiger partial charge in [0.15, 0.2) is 0 Å². The number of aliphatic hydroxyl groups excluding tert-OH is 1. The van der Waals surface area contributed by atoms with Crippen LogP contribution in [0.15, 0.2) is 42.6 Å². The molecule has 0 saturated carbocycles. The SMILES string of the molecule is O=C(Nc1ccc(C(F)(F)F)cc1)C1C2CC(O)C(O2)C1c1ccnc(C(F)(F)F)c1. The van der Waals surface area contributed by atoms with Crippen molar-refractivity contribution < 1.29 is 41.0 Å². The van der Waals surface area contributed by atoms with Crippen LogP contribution in [0, 0.1) is 5.92 Å². The fraction of sp³-hybridized carbons (Fsp3) is 0.400. The van der Waals surface area contributed by atoms with Gasteiger partial charge in [-0.3, -0.25) is 9.78 Å². The number of anilines is 1. The van der Waals surface area contributed by atoms with Crippen molar-refractivity contribution in [3.63, 3.8) is 0 Å². The number of nitrogens with zero attached hydrogens (tertiary/aromatic N) is 1. The molecule has 1 aromatic heterocycles. The van der Waals surface area contributed by atoms with E-state index >= 15 is 0 Å². The molecule has 166 valence electrons. The lowest BCUT2D eigenvalue weighted by Gasteiger charge is -2.30. The highest BCUT2D eigenvalue weighted by molar-refractivity contribution is 5.94. The number of pyridine rings is 1. The minimum atomic E-state index is -4.69. The number of hydrogen-bond donors (Lipinski definition) is 2. The Morgan fingerprint density at radius 1 is 1.06 bits per heavy atom. The van der Waals surface area contributed by atoms with Gasteiger partial charge in [0, 0.05) is 24.2 Å². The Kier molecular flexibility index (Phi) is 5.21. The average molecular weight is 446 g/mol. The summed E-state index contributed by atoms with van der Waals surface area (Å²) in [5.41, 5.74) is -1.78. The second-order valence-electron chi connectivity index (χ2n) is 7.53. The molecule has 2 aliphatic rings. The molecule has 1 amide bonds. The van der Waals surface area contributed by atoms with E-state index in [-0.39, 0.29) is 17.7 Å². The third-order valence-electron chi connectivity index (χ3n) is 5.57. The van der Waals surface area contributed by atoms with E-state index in [1.807, 2.05) is 0 Å². The van der Waals surface area contributed by atoms with Crippen molar-refractivity contribution in [1.82, 2.24) is 4.98 Å². The number of amides is 1. The van der Waals surface area contributed by atoms with E-state index in [4.69, 9.17) is 4.74 Å². The molecule has 0 aliphatic carbocycles. The minimum Gasteiger partial charge on any atom is -0.390 e. The zero-order valence-corrected chi connectivity index (χ0v) is 15.6. The zero-order chi connectivity index (χ0) is 22.6. The number of carbonyl (C=O) groups excluding carboxylic acids is 1. The van der Waals surface area contributed by atoms with Crippen molar-refractivity contribution in [3.05, 3.63) is 59.4 Å². The predicted octanol–water partition coefficient (Wildman–Crippen LogP) is 3.99. The molecule has 2 aliphatic heterocycles. The predicted molar refractivity (Wildman–Crippen MR) is 94.8 cm³/mol. The molecular weight excluding hydrogens is 430 g/mol. The average Bonchev–Trinajstić information content (AvgIpc) is 3.24. The number of halogens is 6. The highest BCUT2D eigenvalue weighted by Crippen LogP contribution is 2.49. The lowest BCUT2D eigenvalue weighted by Crippen LogP contribution is -2.41. The highest BCUT2D eigenvalue weighted by Gasteiger charge is 2.57. The lowest BCUT2D eigenvalue weighted by molar-refractivity contribution is -0.141. The Balaban J connectivity index is 1.60. The van der Waals surface area contributed by atoms with E-state index in [1.54, 1.807) is 0 Å². The molecule has 2 saturated heterocycles. The van der Waals surface area contributed by atoms with E-state index in [9.17, 15) is 36.2 Å². The summed E-state index contributed by atoms with van der Waals surface area (Å²) in [5.74, 6) is -2.42. The lowest BCUT2D eigenvalue weighted by atomic mass is 9.74. The van der Waals surface area contributed by atoms with Crippen LogP contribution >= 0.6 is 0 Å². The van der Waals surface area contributed by atoms with Gasteiger partial charge in [-0.2, -0.15) is 26.3 Å². The van der Waals surface area contributed by atoms with Crippen LogP contribution in [0.3, 0.4) is 0 Å². The van der Waals surface area contributed by atoms with Gasteiger partial charge in [-0.1, -0.05) is 0 Å². The maximum Gasteiger partial charge on any atom is 0.433 e. The number of aliphatic hydroxyl groups is 1. The van der Waals surface area contributed by atoms with Gasteiger partial charge in [-0.15, -0.1) is 0 Å². The second kappa shape index (κ2) is 7.49. The summed E-state index contributed by atoms with van der Waals surface area (Å²) in [5, 5.41) is 12.7. The molecule has 2 N–H and O–H groups in total. The standard InChI is InChI=1S/C20H16F6N2O3/c21-19(22,23)10-1-3-11(4-2-10)28-18(30)16-13-8-12(29)17(31-13)15(16)9-5-6-27-14(7-9)20(24,25)26/h1-7,12-13,15-17,29H,8H2,(H,28,30). The number of alkyl halides is 6. The van der Waals surface area contributed by atoms with Crippen LogP contribution in [0.25, 0.3) is 0 Å². The fourth-order valence-electron chi connectivity index (χ4n) is 4.22. The van der Waals surface area contributed by atoms with Crippen molar-refractivity contribution >= 4 is 11.6 Å². The van der Waals surface area contributed by atoms with Gasteiger partial charge in [0.05, 0.1) is 29.8 Å². The molecule has 5 nitrogen and oxygen atoms in total. The van der Waals surface area contributed by atoms with Crippen molar-refractivity contribution in [3.8, 4) is 0 Å². The summed E-state index contributed by atoms with van der Waals surface area (Å²) in [7, 11) is 0. The third kappa shape index (κ3) is 4.11. The van der Waals surface area contributed by atoms with E-state index in [2.05, 4.69) is 10.3 Å². The molecule has 31 heavy (non-hydrogen) atoms. The van der Waals surface area contributed by atoms with Gasteiger partial charge in [-0.05, 0) is 42.0 Å². The number of nitrogens with one attached hydrogen (secondary N) is 1. The largest absolute Gasteiger partial charge is 0.433 e. The Hall–Kier alpha value is -2.66. The normalized spacial score (nSPS) is 28.0. The monoisotopic (exact) mass is 446 g/mol. The number of aromatic nitrogens is 1. The smallest absolute Gasteiger partial charge is 0.390 e.